The SMILES string of the molecule is COc1ccc(CC=CP(C2CCCCC2)C2CCCCC2)cc1.COc1ccc(CC=CP(C2CCCCC2)C2CCCCC2)cc1.[Pd]. The third-order valence-electron chi connectivity index (χ3n) is 11.6. The van der Waals surface area contributed by atoms with Crippen LogP contribution in [0, 0.1) is 0 Å². The van der Waals surface area contributed by atoms with Crippen LogP contribution in [0.3, 0.4) is 0 Å². The van der Waals surface area contributed by atoms with E-state index in [9.17, 15) is 0 Å². The minimum Gasteiger partial charge on any atom is -0.497 e. The third-order valence-corrected chi connectivity index (χ3v) is 18.1. The molecule has 0 aromatic heterocycles. The summed E-state index contributed by atoms with van der Waals surface area (Å²) in [5, 5.41) is 0. The van der Waals surface area contributed by atoms with Gasteiger partial charge in [-0.2, -0.15) is 0 Å². The molecule has 5 heteroatoms. The minimum atomic E-state index is 0. The van der Waals surface area contributed by atoms with E-state index in [1.807, 2.05) is 0 Å². The van der Waals surface area contributed by atoms with Crippen molar-refractivity contribution < 1.29 is 29.9 Å². The van der Waals surface area contributed by atoms with Gasteiger partial charge < -0.3 is 9.47 Å². The van der Waals surface area contributed by atoms with Crippen molar-refractivity contribution in [1.29, 1.82) is 0 Å². The summed E-state index contributed by atoms with van der Waals surface area (Å²) in [5.74, 6) is 7.25. The van der Waals surface area contributed by atoms with Gasteiger partial charge >= 0.3 is 0 Å². The normalized spacial score (nSPS) is 20.3. The predicted octanol–water partition coefficient (Wildman–Crippen LogP) is 13.8. The number of ether oxygens (including phenoxy) is 2. The first-order valence-electron chi connectivity index (χ1n) is 19.9. The molecule has 0 amide bonds. The van der Waals surface area contributed by atoms with Gasteiger partial charge in [-0.15, -0.1) is 0 Å². The molecule has 2 aromatic rings. The summed E-state index contributed by atoms with van der Waals surface area (Å²) in [5.41, 5.74) is 6.87. The number of rotatable bonds is 12. The van der Waals surface area contributed by atoms with E-state index < -0.39 is 0 Å². The van der Waals surface area contributed by atoms with Gasteiger partial charge in [-0.3, -0.25) is 0 Å². The van der Waals surface area contributed by atoms with E-state index in [-0.39, 0.29) is 36.3 Å². The molecule has 0 radical (unpaired) electrons. The van der Waals surface area contributed by atoms with Crippen LogP contribution in [0.2, 0.25) is 0 Å². The van der Waals surface area contributed by atoms with Crippen LogP contribution >= 0.6 is 15.8 Å². The Morgan fingerprint density at radius 3 is 0.959 bits per heavy atom. The Morgan fingerprint density at radius 1 is 0.449 bits per heavy atom. The maximum absolute atomic E-state index is 5.26. The summed E-state index contributed by atoms with van der Waals surface area (Å²) in [4.78, 5) is 0. The quantitative estimate of drug-likeness (QED) is 0.157. The van der Waals surface area contributed by atoms with Gasteiger partial charge in [0.05, 0.1) is 14.2 Å². The number of allylic oxidation sites excluding steroid dienone is 2. The molecule has 274 valence electrons. The van der Waals surface area contributed by atoms with Crippen LogP contribution < -0.4 is 9.47 Å². The van der Waals surface area contributed by atoms with Crippen LogP contribution in [-0.4, -0.2) is 36.9 Å². The summed E-state index contributed by atoms with van der Waals surface area (Å²) in [7, 11) is 3.65. The Balaban J connectivity index is 0.000000216. The van der Waals surface area contributed by atoms with E-state index in [0.29, 0.717) is 0 Å². The smallest absolute Gasteiger partial charge is 0.118 e. The molecule has 6 rings (SSSR count). The molecule has 0 unspecified atom stereocenters. The molecule has 4 aliphatic rings. The molecule has 2 aromatic carbocycles. The summed E-state index contributed by atoms with van der Waals surface area (Å²) in [6, 6.07) is 17.1. The second kappa shape index (κ2) is 23.6. The number of methoxy groups -OCH3 is 2. The molecular formula is C44H66O2P2Pd. The molecule has 0 saturated heterocycles. The van der Waals surface area contributed by atoms with E-state index in [0.717, 1.165) is 47.0 Å². The fourth-order valence-corrected chi connectivity index (χ4v) is 15.5. The maximum Gasteiger partial charge on any atom is 0.118 e. The topological polar surface area (TPSA) is 18.5 Å². The second-order valence-corrected chi connectivity index (χ2v) is 20.2. The average molecular weight is 795 g/mol. The van der Waals surface area contributed by atoms with Gasteiger partial charge in [-0.1, -0.05) is 141 Å². The van der Waals surface area contributed by atoms with Gasteiger partial charge in [0.1, 0.15) is 11.5 Å². The van der Waals surface area contributed by atoms with E-state index in [2.05, 4.69) is 72.3 Å². The average Bonchev–Trinajstić information content (AvgIpc) is 3.17. The molecule has 0 aliphatic heterocycles. The number of benzene rings is 2. The van der Waals surface area contributed by atoms with Gasteiger partial charge in [-0.05, 0) is 122 Å². The maximum atomic E-state index is 5.26. The van der Waals surface area contributed by atoms with Crippen LogP contribution in [0.5, 0.6) is 11.5 Å². The third kappa shape index (κ3) is 13.8. The number of hydrogen-bond donors (Lipinski definition) is 0. The molecular weight excluding hydrogens is 729 g/mol. The largest absolute Gasteiger partial charge is 0.497 e. The van der Waals surface area contributed by atoms with Gasteiger partial charge in [0, 0.05) is 20.4 Å². The first kappa shape index (κ1) is 40.8. The van der Waals surface area contributed by atoms with Gasteiger partial charge in [0.15, 0.2) is 0 Å². The van der Waals surface area contributed by atoms with E-state index in [4.69, 9.17) is 9.47 Å². The fourth-order valence-electron chi connectivity index (χ4n) is 8.74. The van der Waals surface area contributed by atoms with Gasteiger partial charge in [0.25, 0.3) is 0 Å². The Bertz CT molecular complexity index is 1060. The van der Waals surface area contributed by atoms with Crippen molar-refractivity contribution in [3.8, 4) is 11.5 Å². The van der Waals surface area contributed by atoms with Crippen LogP contribution in [0.15, 0.2) is 72.3 Å². The van der Waals surface area contributed by atoms with E-state index in [1.165, 1.54) is 140 Å². The zero-order chi connectivity index (χ0) is 33.2. The Kier molecular flexibility index (Phi) is 19.6. The van der Waals surface area contributed by atoms with Crippen molar-refractivity contribution in [3.63, 3.8) is 0 Å². The minimum absolute atomic E-state index is 0. The molecule has 4 fully saturated rings. The fraction of sp³-hybridized carbons (Fsp3) is 0.636. The molecule has 0 atom stereocenters. The zero-order valence-electron chi connectivity index (χ0n) is 30.8. The molecule has 4 saturated carbocycles. The van der Waals surface area contributed by atoms with E-state index >= 15 is 0 Å². The predicted molar refractivity (Wildman–Crippen MR) is 213 cm³/mol. The molecule has 0 spiro atoms. The standard InChI is InChI=1S/2C22H33OP.Pd/c2*1-23-20-16-14-19(15-17-20)9-8-18-24(21-10-4-2-5-11-21)22-12-6-3-7-13-22;/h2*8,14-18,21-22H,2-7,9-13H2,1H3;. The molecule has 0 heterocycles. The Morgan fingerprint density at radius 2 is 0.714 bits per heavy atom. The van der Waals surface area contributed by atoms with Crippen molar-refractivity contribution in [3.05, 3.63) is 83.4 Å². The van der Waals surface area contributed by atoms with Crippen LogP contribution in [0.4, 0.5) is 0 Å². The van der Waals surface area contributed by atoms with Gasteiger partial charge in [0.2, 0.25) is 0 Å². The molecule has 0 N–H and O–H groups in total. The summed E-state index contributed by atoms with van der Waals surface area (Å²) in [6.07, 6.45) is 36.8. The first-order valence-corrected chi connectivity index (χ1v) is 23.0. The first-order chi connectivity index (χ1) is 23.7. The molecule has 0 bridgehead atoms. The monoisotopic (exact) mass is 794 g/mol. The number of hydrogen-bond acceptors (Lipinski definition) is 2. The summed E-state index contributed by atoms with van der Waals surface area (Å²) in [6.45, 7) is 0. The van der Waals surface area contributed by atoms with E-state index in [1.54, 1.807) is 14.2 Å². The Hall–Kier alpha value is -0.958. The second-order valence-electron chi connectivity index (χ2n) is 14.9. The summed E-state index contributed by atoms with van der Waals surface area (Å²) >= 11 is 0. The van der Waals surface area contributed by atoms with Crippen molar-refractivity contribution in [2.24, 2.45) is 0 Å². The summed E-state index contributed by atoms with van der Waals surface area (Å²) < 4.78 is 10.5. The molecule has 49 heavy (non-hydrogen) atoms. The van der Waals surface area contributed by atoms with Crippen molar-refractivity contribution >= 4 is 15.8 Å². The van der Waals surface area contributed by atoms with Crippen molar-refractivity contribution in [2.45, 2.75) is 164 Å². The Labute approximate surface area is 317 Å². The van der Waals surface area contributed by atoms with Crippen molar-refractivity contribution in [2.75, 3.05) is 14.2 Å². The molecule has 2 nitrogen and oxygen atoms in total. The van der Waals surface area contributed by atoms with Crippen LogP contribution in [-0.2, 0) is 33.3 Å². The molecule has 4 aliphatic carbocycles. The van der Waals surface area contributed by atoms with Crippen molar-refractivity contribution in [1.82, 2.24) is 0 Å². The van der Waals surface area contributed by atoms with Crippen LogP contribution in [0.1, 0.15) is 140 Å². The van der Waals surface area contributed by atoms with Crippen LogP contribution in [0.25, 0.3) is 0 Å². The zero-order valence-corrected chi connectivity index (χ0v) is 34.2. The van der Waals surface area contributed by atoms with Gasteiger partial charge in [-0.25, -0.2) is 0 Å².